The molecule has 1 fully saturated rings. The van der Waals surface area contributed by atoms with E-state index in [0.29, 0.717) is 18.0 Å². The van der Waals surface area contributed by atoms with Crippen molar-refractivity contribution < 1.29 is 9.59 Å². The first kappa shape index (κ1) is 17.4. The Kier molecular flexibility index (Phi) is 5.95. The first-order valence-electron chi connectivity index (χ1n) is 8.41. The van der Waals surface area contributed by atoms with Gasteiger partial charge in [0.2, 0.25) is 5.91 Å². The van der Waals surface area contributed by atoms with Crippen LogP contribution in [0.5, 0.6) is 0 Å². The number of nitrogens with zero attached hydrogens (tertiary/aromatic N) is 2. The van der Waals surface area contributed by atoms with Gasteiger partial charge in [-0.15, -0.1) is 11.3 Å². The number of carbonyl (C=O) groups is 2. The molecule has 0 spiro atoms. The topological polar surface area (TPSA) is 62.3 Å². The highest BCUT2D eigenvalue weighted by Crippen LogP contribution is 2.18. The number of pyridine rings is 1. The zero-order valence-corrected chi connectivity index (χ0v) is 14.7. The van der Waals surface area contributed by atoms with E-state index in [-0.39, 0.29) is 11.8 Å². The molecule has 0 saturated carbocycles. The predicted molar refractivity (Wildman–Crippen MR) is 99.2 cm³/mol. The Hall–Kier alpha value is -2.47. The molecule has 1 aliphatic heterocycles. The molecule has 0 unspecified atom stereocenters. The Morgan fingerprint density at radius 1 is 1.24 bits per heavy atom. The zero-order chi connectivity index (χ0) is 17.5. The third-order valence-electron chi connectivity index (χ3n) is 4.34. The third-order valence-corrected chi connectivity index (χ3v) is 5.17. The van der Waals surface area contributed by atoms with Gasteiger partial charge >= 0.3 is 0 Å². The van der Waals surface area contributed by atoms with Crippen LogP contribution in [0.1, 0.15) is 28.1 Å². The highest BCUT2D eigenvalue weighted by atomic mass is 32.1. The van der Waals surface area contributed by atoms with Crippen LogP contribution >= 0.6 is 11.3 Å². The van der Waals surface area contributed by atoms with E-state index in [1.807, 2.05) is 28.5 Å². The molecule has 1 N–H and O–H groups in total. The van der Waals surface area contributed by atoms with Gasteiger partial charge in [0, 0.05) is 48.5 Å². The van der Waals surface area contributed by atoms with Crippen molar-refractivity contribution in [3.63, 3.8) is 0 Å². The van der Waals surface area contributed by atoms with Gasteiger partial charge in [0.15, 0.2) is 0 Å². The lowest BCUT2D eigenvalue weighted by molar-refractivity contribution is -0.116. The molecule has 0 aliphatic carbocycles. The van der Waals surface area contributed by atoms with E-state index in [0.717, 1.165) is 30.8 Å². The molecule has 3 rings (SSSR count). The average Bonchev–Trinajstić information content (AvgIpc) is 3.19. The van der Waals surface area contributed by atoms with Crippen LogP contribution in [0.3, 0.4) is 0 Å². The Morgan fingerprint density at radius 3 is 2.68 bits per heavy atom. The van der Waals surface area contributed by atoms with Crippen molar-refractivity contribution in [2.75, 3.05) is 19.6 Å². The van der Waals surface area contributed by atoms with Gasteiger partial charge < -0.3 is 10.2 Å². The monoisotopic (exact) mass is 355 g/mol. The van der Waals surface area contributed by atoms with E-state index < -0.39 is 0 Å². The summed E-state index contributed by atoms with van der Waals surface area (Å²) in [6, 6.07) is 7.43. The average molecular weight is 355 g/mol. The minimum absolute atomic E-state index is 0.0590. The van der Waals surface area contributed by atoms with Crippen molar-refractivity contribution in [2.24, 2.45) is 5.92 Å². The summed E-state index contributed by atoms with van der Waals surface area (Å²) in [5.41, 5.74) is 0.681. The van der Waals surface area contributed by atoms with E-state index in [2.05, 4.69) is 10.3 Å². The molecule has 2 aromatic rings. The number of piperidine rings is 1. The molecule has 1 aliphatic rings. The summed E-state index contributed by atoms with van der Waals surface area (Å²) in [5, 5.41) is 4.94. The second-order valence-corrected chi connectivity index (χ2v) is 7.04. The fraction of sp³-hybridized carbons (Fsp3) is 0.316. The molecular formula is C19H21N3O2S. The summed E-state index contributed by atoms with van der Waals surface area (Å²) in [6.45, 7) is 2.12. The number of amides is 2. The van der Waals surface area contributed by atoms with Crippen LogP contribution in [0.2, 0.25) is 0 Å². The van der Waals surface area contributed by atoms with Gasteiger partial charge in [0.1, 0.15) is 0 Å². The predicted octanol–water partition coefficient (Wildman–Crippen LogP) is 2.82. The maximum atomic E-state index is 12.4. The molecule has 5 nitrogen and oxygen atoms in total. The molecule has 0 aromatic carbocycles. The zero-order valence-electron chi connectivity index (χ0n) is 13.9. The van der Waals surface area contributed by atoms with E-state index in [1.54, 1.807) is 41.9 Å². The van der Waals surface area contributed by atoms with Crippen LogP contribution in [0, 0.1) is 5.92 Å². The number of nitrogens with one attached hydrogen (secondary N) is 1. The fourth-order valence-corrected chi connectivity index (χ4v) is 3.48. The Balaban J connectivity index is 1.40. The lowest BCUT2D eigenvalue weighted by Gasteiger charge is -2.32. The van der Waals surface area contributed by atoms with Crippen LogP contribution in [0.15, 0.2) is 48.1 Å². The summed E-state index contributed by atoms with van der Waals surface area (Å²) >= 11 is 1.60. The van der Waals surface area contributed by atoms with Crippen molar-refractivity contribution in [1.29, 1.82) is 0 Å². The highest BCUT2D eigenvalue weighted by molar-refractivity contribution is 7.10. The van der Waals surface area contributed by atoms with Crippen molar-refractivity contribution >= 4 is 29.2 Å². The molecule has 0 bridgehead atoms. The van der Waals surface area contributed by atoms with Gasteiger partial charge in [-0.1, -0.05) is 6.07 Å². The second-order valence-electron chi connectivity index (χ2n) is 6.07. The molecule has 3 heterocycles. The number of hydrogen-bond donors (Lipinski definition) is 1. The molecule has 0 radical (unpaired) electrons. The number of carbonyl (C=O) groups excluding carboxylic acids is 2. The SMILES string of the molecule is O=C(C=Cc1cccs1)NCC1CCN(C(=O)c2ccncc2)CC1. The van der Waals surface area contributed by atoms with E-state index in [4.69, 9.17) is 0 Å². The summed E-state index contributed by atoms with van der Waals surface area (Å²) in [6.07, 6.45) is 8.50. The quantitative estimate of drug-likeness (QED) is 0.839. The van der Waals surface area contributed by atoms with Crippen molar-refractivity contribution in [1.82, 2.24) is 15.2 Å². The molecule has 130 valence electrons. The van der Waals surface area contributed by atoms with Crippen molar-refractivity contribution in [3.8, 4) is 0 Å². The fourth-order valence-electron chi connectivity index (χ4n) is 2.87. The summed E-state index contributed by atoms with van der Waals surface area (Å²) in [4.78, 5) is 31.2. The van der Waals surface area contributed by atoms with Gasteiger partial charge in [-0.3, -0.25) is 14.6 Å². The van der Waals surface area contributed by atoms with E-state index in [1.165, 1.54) is 0 Å². The lowest BCUT2D eigenvalue weighted by atomic mass is 9.96. The Morgan fingerprint density at radius 2 is 2.00 bits per heavy atom. The second kappa shape index (κ2) is 8.58. The maximum absolute atomic E-state index is 12.4. The largest absolute Gasteiger partial charge is 0.352 e. The molecule has 0 atom stereocenters. The summed E-state index contributed by atoms with van der Waals surface area (Å²) in [7, 11) is 0. The molecule has 25 heavy (non-hydrogen) atoms. The maximum Gasteiger partial charge on any atom is 0.253 e. The normalized spacial score (nSPS) is 15.4. The molecular weight excluding hydrogens is 334 g/mol. The first-order chi connectivity index (χ1) is 12.2. The van der Waals surface area contributed by atoms with Gasteiger partial charge in [-0.05, 0) is 48.4 Å². The van der Waals surface area contributed by atoms with Crippen LogP contribution in [-0.2, 0) is 4.79 Å². The van der Waals surface area contributed by atoms with E-state index >= 15 is 0 Å². The Labute approximate surface area is 151 Å². The van der Waals surface area contributed by atoms with Gasteiger partial charge in [0.25, 0.3) is 5.91 Å². The molecule has 1 saturated heterocycles. The Bertz CT molecular complexity index is 720. The van der Waals surface area contributed by atoms with Crippen LogP contribution in [0.25, 0.3) is 6.08 Å². The number of aromatic nitrogens is 1. The number of thiophene rings is 1. The van der Waals surface area contributed by atoms with E-state index in [9.17, 15) is 9.59 Å². The lowest BCUT2D eigenvalue weighted by Crippen LogP contribution is -2.41. The number of likely N-dealkylation sites (tertiary alicyclic amines) is 1. The summed E-state index contributed by atoms with van der Waals surface area (Å²) < 4.78 is 0. The smallest absolute Gasteiger partial charge is 0.253 e. The molecule has 2 amide bonds. The standard InChI is InChI=1S/C19H21N3O2S/c23-18(4-3-17-2-1-13-25-17)21-14-15-7-11-22(12-8-15)19(24)16-5-9-20-10-6-16/h1-6,9-10,13,15H,7-8,11-12,14H2,(H,21,23). The minimum atomic E-state index is -0.0660. The van der Waals surface area contributed by atoms with Crippen LogP contribution in [-0.4, -0.2) is 41.3 Å². The van der Waals surface area contributed by atoms with Gasteiger partial charge in [-0.2, -0.15) is 0 Å². The minimum Gasteiger partial charge on any atom is -0.352 e. The highest BCUT2D eigenvalue weighted by Gasteiger charge is 2.23. The number of hydrogen-bond acceptors (Lipinski definition) is 4. The molecule has 2 aromatic heterocycles. The first-order valence-corrected chi connectivity index (χ1v) is 9.29. The summed E-state index contributed by atoms with van der Waals surface area (Å²) in [5.74, 6) is 0.410. The molecule has 6 heteroatoms. The van der Waals surface area contributed by atoms with Crippen molar-refractivity contribution in [2.45, 2.75) is 12.8 Å². The van der Waals surface area contributed by atoms with Crippen molar-refractivity contribution in [3.05, 3.63) is 58.6 Å². The van der Waals surface area contributed by atoms with Gasteiger partial charge in [0.05, 0.1) is 0 Å². The number of rotatable bonds is 5. The third kappa shape index (κ3) is 5.00. The van der Waals surface area contributed by atoms with Gasteiger partial charge in [-0.25, -0.2) is 0 Å². The van der Waals surface area contributed by atoms with Crippen LogP contribution in [0.4, 0.5) is 0 Å². The van der Waals surface area contributed by atoms with Crippen LogP contribution < -0.4 is 5.32 Å².